The van der Waals surface area contributed by atoms with Gasteiger partial charge in [0.15, 0.2) is 0 Å². The van der Waals surface area contributed by atoms with E-state index in [1.807, 2.05) is 12.1 Å². The Kier molecular flexibility index (Phi) is 6.41. The van der Waals surface area contributed by atoms with E-state index < -0.39 is 5.60 Å². The molecule has 1 aromatic carbocycles. The smallest absolute Gasteiger partial charge is 0.256 e. The van der Waals surface area contributed by atoms with E-state index >= 15 is 0 Å². The van der Waals surface area contributed by atoms with Crippen LogP contribution in [0.15, 0.2) is 24.3 Å². The monoisotopic (exact) mass is 326 g/mol. The van der Waals surface area contributed by atoms with Gasteiger partial charge in [-0.15, -0.1) is 12.4 Å². The normalized spacial score (nSPS) is 17.5. The molecule has 1 amide bonds. The maximum Gasteiger partial charge on any atom is 0.256 e. The Labute approximate surface area is 139 Å². The summed E-state index contributed by atoms with van der Waals surface area (Å²) in [4.78, 5) is 12.5. The Morgan fingerprint density at radius 1 is 1.18 bits per heavy atom. The Morgan fingerprint density at radius 3 is 2.18 bits per heavy atom. The lowest BCUT2D eigenvalue weighted by Crippen LogP contribution is -2.51. The van der Waals surface area contributed by atoms with Crippen molar-refractivity contribution in [2.75, 3.05) is 25.5 Å². The molecule has 0 bridgehead atoms. The SMILES string of the molecule is COC1(C(=O)Nc2ccc(C(C)(C)C)cc2)CCNCC1.Cl. The molecule has 1 saturated heterocycles. The van der Waals surface area contributed by atoms with Gasteiger partial charge >= 0.3 is 0 Å². The van der Waals surface area contributed by atoms with E-state index in [4.69, 9.17) is 4.74 Å². The summed E-state index contributed by atoms with van der Waals surface area (Å²) in [5, 5.41) is 6.25. The van der Waals surface area contributed by atoms with Gasteiger partial charge in [0.2, 0.25) is 0 Å². The van der Waals surface area contributed by atoms with Gasteiger partial charge in [0.05, 0.1) is 0 Å². The first kappa shape index (κ1) is 18.9. The van der Waals surface area contributed by atoms with Crippen molar-refractivity contribution in [2.45, 2.75) is 44.6 Å². The Morgan fingerprint density at radius 2 is 1.73 bits per heavy atom. The van der Waals surface area contributed by atoms with Gasteiger partial charge in [-0.25, -0.2) is 0 Å². The molecule has 22 heavy (non-hydrogen) atoms. The third kappa shape index (κ3) is 4.22. The van der Waals surface area contributed by atoms with Crippen molar-refractivity contribution in [1.82, 2.24) is 5.32 Å². The molecule has 1 aliphatic heterocycles. The van der Waals surface area contributed by atoms with E-state index in [1.54, 1.807) is 7.11 Å². The minimum Gasteiger partial charge on any atom is -0.368 e. The standard InChI is InChI=1S/C17H26N2O2.ClH/c1-16(2,3)13-5-7-14(8-6-13)19-15(20)17(21-4)9-11-18-12-10-17;/h5-8,18H,9-12H2,1-4H3,(H,19,20);1H. The van der Waals surface area contributed by atoms with Crippen molar-refractivity contribution in [1.29, 1.82) is 0 Å². The average molecular weight is 327 g/mol. The molecule has 0 unspecified atom stereocenters. The molecule has 1 heterocycles. The van der Waals surface area contributed by atoms with Crippen molar-refractivity contribution in [2.24, 2.45) is 0 Å². The van der Waals surface area contributed by atoms with E-state index in [2.05, 4.69) is 43.5 Å². The predicted molar refractivity (Wildman–Crippen MR) is 92.9 cm³/mol. The van der Waals surface area contributed by atoms with E-state index in [0.29, 0.717) is 12.8 Å². The van der Waals surface area contributed by atoms with Crippen LogP contribution in [0.1, 0.15) is 39.2 Å². The molecule has 124 valence electrons. The van der Waals surface area contributed by atoms with Crippen LogP contribution in [0.2, 0.25) is 0 Å². The molecule has 0 aliphatic carbocycles. The maximum absolute atomic E-state index is 12.5. The predicted octanol–water partition coefficient (Wildman–Crippen LogP) is 3.11. The molecule has 0 saturated carbocycles. The topological polar surface area (TPSA) is 50.4 Å². The molecule has 0 spiro atoms. The zero-order chi connectivity index (χ0) is 15.5. The van der Waals surface area contributed by atoms with Gasteiger partial charge in [0.1, 0.15) is 5.60 Å². The molecule has 2 rings (SSSR count). The van der Waals surface area contributed by atoms with Gasteiger partial charge in [-0.05, 0) is 49.0 Å². The van der Waals surface area contributed by atoms with Gasteiger partial charge in [0.25, 0.3) is 5.91 Å². The fraction of sp³-hybridized carbons (Fsp3) is 0.588. The highest BCUT2D eigenvalue weighted by molar-refractivity contribution is 5.97. The summed E-state index contributed by atoms with van der Waals surface area (Å²) in [5.74, 6) is -0.0463. The third-order valence-corrected chi connectivity index (χ3v) is 4.22. The highest BCUT2D eigenvalue weighted by Crippen LogP contribution is 2.26. The molecule has 0 aromatic heterocycles. The number of methoxy groups -OCH3 is 1. The number of benzene rings is 1. The molecule has 2 N–H and O–H groups in total. The number of nitrogens with one attached hydrogen (secondary N) is 2. The second-order valence-electron chi connectivity index (χ2n) is 6.73. The first-order chi connectivity index (χ1) is 9.87. The second-order valence-corrected chi connectivity index (χ2v) is 6.73. The third-order valence-electron chi connectivity index (χ3n) is 4.22. The lowest BCUT2D eigenvalue weighted by atomic mass is 9.87. The van der Waals surface area contributed by atoms with Crippen LogP contribution < -0.4 is 10.6 Å². The summed E-state index contributed by atoms with van der Waals surface area (Å²) >= 11 is 0. The van der Waals surface area contributed by atoms with Crippen LogP contribution in [0.25, 0.3) is 0 Å². The average Bonchev–Trinajstić information content (AvgIpc) is 2.47. The van der Waals surface area contributed by atoms with E-state index in [0.717, 1.165) is 18.8 Å². The zero-order valence-corrected chi connectivity index (χ0v) is 14.7. The van der Waals surface area contributed by atoms with E-state index in [9.17, 15) is 4.79 Å². The number of rotatable bonds is 3. The van der Waals surface area contributed by atoms with Gasteiger partial charge in [0, 0.05) is 12.8 Å². The zero-order valence-electron chi connectivity index (χ0n) is 13.9. The minimum atomic E-state index is -0.700. The Hall–Kier alpha value is -1.10. The fourth-order valence-electron chi connectivity index (χ4n) is 2.65. The molecular formula is C17H27ClN2O2. The maximum atomic E-state index is 12.5. The molecular weight excluding hydrogens is 300 g/mol. The summed E-state index contributed by atoms with van der Waals surface area (Å²) in [5.41, 5.74) is 1.49. The molecule has 1 aromatic rings. The number of anilines is 1. The minimum absolute atomic E-state index is 0. The lowest BCUT2D eigenvalue weighted by Gasteiger charge is -2.34. The second kappa shape index (κ2) is 7.44. The number of ether oxygens (including phenoxy) is 1. The number of carbonyl (C=O) groups excluding carboxylic acids is 1. The van der Waals surface area contributed by atoms with Crippen molar-refractivity contribution >= 4 is 24.0 Å². The quantitative estimate of drug-likeness (QED) is 0.897. The van der Waals surface area contributed by atoms with Crippen LogP contribution in [0.3, 0.4) is 0 Å². The van der Waals surface area contributed by atoms with Crippen LogP contribution >= 0.6 is 12.4 Å². The summed E-state index contributed by atoms with van der Waals surface area (Å²) in [7, 11) is 1.62. The molecule has 0 atom stereocenters. The number of piperidine rings is 1. The summed E-state index contributed by atoms with van der Waals surface area (Å²) < 4.78 is 5.54. The van der Waals surface area contributed by atoms with Gasteiger partial charge in [-0.1, -0.05) is 32.9 Å². The fourth-order valence-corrected chi connectivity index (χ4v) is 2.65. The van der Waals surface area contributed by atoms with Crippen molar-refractivity contribution in [3.05, 3.63) is 29.8 Å². The molecule has 0 radical (unpaired) electrons. The van der Waals surface area contributed by atoms with Crippen molar-refractivity contribution in [3.63, 3.8) is 0 Å². The number of hydrogen-bond donors (Lipinski definition) is 2. The summed E-state index contributed by atoms with van der Waals surface area (Å²) in [6.07, 6.45) is 1.41. The Bertz CT molecular complexity index is 488. The van der Waals surface area contributed by atoms with Gasteiger partial charge < -0.3 is 15.4 Å². The number of amides is 1. The van der Waals surface area contributed by atoms with E-state index in [-0.39, 0.29) is 23.7 Å². The largest absolute Gasteiger partial charge is 0.368 e. The number of carbonyl (C=O) groups is 1. The first-order valence-electron chi connectivity index (χ1n) is 7.55. The highest BCUT2D eigenvalue weighted by Gasteiger charge is 2.39. The summed E-state index contributed by atoms with van der Waals surface area (Å²) in [6, 6.07) is 8.06. The van der Waals surface area contributed by atoms with Crippen molar-refractivity contribution < 1.29 is 9.53 Å². The Balaban J connectivity index is 0.00000242. The lowest BCUT2D eigenvalue weighted by molar-refractivity contribution is -0.140. The van der Waals surface area contributed by atoms with E-state index in [1.165, 1.54) is 5.56 Å². The van der Waals surface area contributed by atoms with Crippen LogP contribution in [0, 0.1) is 0 Å². The highest BCUT2D eigenvalue weighted by atomic mass is 35.5. The molecule has 1 aliphatic rings. The summed E-state index contributed by atoms with van der Waals surface area (Å²) in [6.45, 7) is 8.15. The number of halogens is 1. The van der Waals surface area contributed by atoms with Crippen molar-refractivity contribution in [3.8, 4) is 0 Å². The number of hydrogen-bond acceptors (Lipinski definition) is 3. The van der Waals surface area contributed by atoms with Crippen LogP contribution in [0.5, 0.6) is 0 Å². The van der Waals surface area contributed by atoms with Crippen LogP contribution in [-0.4, -0.2) is 31.7 Å². The molecule has 1 fully saturated rings. The van der Waals surface area contributed by atoms with Crippen LogP contribution in [0.4, 0.5) is 5.69 Å². The van der Waals surface area contributed by atoms with Gasteiger partial charge in [-0.3, -0.25) is 4.79 Å². The first-order valence-corrected chi connectivity index (χ1v) is 7.55. The molecule has 4 nitrogen and oxygen atoms in total. The van der Waals surface area contributed by atoms with Gasteiger partial charge in [-0.2, -0.15) is 0 Å². The van der Waals surface area contributed by atoms with Crippen LogP contribution in [-0.2, 0) is 14.9 Å². The molecule has 5 heteroatoms.